The third-order valence-corrected chi connectivity index (χ3v) is 9.72. The number of hydrogen-bond acceptors (Lipinski definition) is 3. The van der Waals surface area contributed by atoms with Crippen LogP contribution >= 0.6 is 0 Å². The van der Waals surface area contributed by atoms with E-state index in [1.165, 1.54) is 11.6 Å². The van der Waals surface area contributed by atoms with Gasteiger partial charge >= 0.3 is 0 Å². The molecule has 2 fully saturated rings. The first-order valence-corrected chi connectivity index (χ1v) is 12.2. The molecule has 3 aliphatic carbocycles. The lowest BCUT2D eigenvalue weighted by atomic mass is 9.49. The molecule has 1 aromatic carbocycles. The summed E-state index contributed by atoms with van der Waals surface area (Å²) in [5.74, 6) is -0.278. The fraction of sp³-hybridized carbons (Fsp3) is 0.593. The van der Waals surface area contributed by atoms with Gasteiger partial charge in [0.25, 0.3) is 0 Å². The molecule has 0 amide bonds. The van der Waals surface area contributed by atoms with E-state index in [0.29, 0.717) is 36.4 Å². The van der Waals surface area contributed by atoms with E-state index in [4.69, 9.17) is 10.8 Å². The monoisotopic (exact) mass is 455 g/mol. The van der Waals surface area contributed by atoms with Crippen LogP contribution in [0.5, 0.6) is 0 Å². The third-order valence-electron chi connectivity index (χ3n) is 9.72. The van der Waals surface area contributed by atoms with Gasteiger partial charge in [-0.2, -0.15) is 5.10 Å². The molecule has 1 aromatic heterocycles. The molecule has 0 unspecified atom stereocenters. The van der Waals surface area contributed by atoms with Gasteiger partial charge in [0.1, 0.15) is 0 Å². The summed E-state index contributed by atoms with van der Waals surface area (Å²) in [6.45, 7) is 9.87. The van der Waals surface area contributed by atoms with Gasteiger partial charge in [-0.1, -0.05) is 26.0 Å². The van der Waals surface area contributed by atoms with Gasteiger partial charge in [0.15, 0.2) is 11.6 Å². The first-order valence-electron chi connectivity index (χ1n) is 12.2. The second kappa shape index (κ2) is 8.02. The Morgan fingerprint density at radius 2 is 2.00 bits per heavy atom. The number of nitrogens with two attached hydrogens (primary N) is 1. The van der Waals surface area contributed by atoms with Crippen LogP contribution in [0.2, 0.25) is 0 Å². The highest BCUT2D eigenvalue weighted by molar-refractivity contribution is 5.36. The Morgan fingerprint density at radius 1 is 1.21 bits per heavy atom. The number of allylic oxidation sites excluding steroid dienone is 1. The van der Waals surface area contributed by atoms with Crippen molar-refractivity contribution < 1.29 is 13.9 Å². The molecule has 1 heterocycles. The van der Waals surface area contributed by atoms with Crippen molar-refractivity contribution in [2.24, 2.45) is 40.2 Å². The van der Waals surface area contributed by atoms with Crippen LogP contribution in [0.25, 0.3) is 5.69 Å². The number of nitrogens with zero attached hydrogens (tertiary/aromatic N) is 2. The zero-order valence-electron chi connectivity index (χ0n) is 19.7. The Balaban J connectivity index is 1.48. The van der Waals surface area contributed by atoms with Crippen molar-refractivity contribution >= 4 is 0 Å². The SMILES string of the molecule is C=C1CC[C@H]2[C@H](CN)[C@@H]([C@@]3(C)Cc4cn(-c5ccc(F)c(F)c5)nc4C[C@@H]3CO)CC[C@]12C. The number of benzene rings is 1. The molecule has 2 saturated carbocycles. The molecule has 3 N–H and O–H groups in total. The molecule has 0 bridgehead atoms. The van der Waals surface area contributed by atoms with Gasteiger partial charge in [-0.25, -0.2) is 13.5 Å². The zero-order valence-corrected chi connectivity index (χ0v) is 19.7. The second-order valence-electron chi connectivity index (χ2n) is 11.1. The van der Waals surface area contributed by atoms with Gasteiger partial charge in [-0.3, -0.25) is 0 Å². The van der Waals surface area contributed by atoms with Gasteiger partial charge < -0.3 is 10.8 Å². The summed E-state index contributed by atoms with van der Waals surface area (Å²) in [7, 11) is 0. The molecule has 33 heavy (non-hydrogen) atoms. The van der Waals surface area contributed by atoms with Crippen molar-refractivity contribution in [2.75, 3.05) is 13.2 Å². The van der Waals surface area contributed by atoms with Crippen LogP contribution in [0, 0.1) is 46.1 Å². The van der Waals surface area contributed by atoms with E-state index in [1.807, 2.05) is 6.20 Å². The summed E-state index contributed by atoms with van der Waals surface area (Å²) in [5.41, 5.74) is 10.5. The molecule has 5 rings (SSSR count). The maximum absolute atomic E-state index is 13.8. The van der Waals surface area contributed by atoms with E-state index in [1.54, 1.807) is 10.7 Å². The quantitative estimate of drug-likeness (QED) is 0.650. The molecular weight excluding hydrogens is 420 g/mol. The van der Waals surface area contributed by atoms with Gasteiger partial charge in [0.2, 0.25) is 0 Å². The Bertz CT molecular complexity index is 1080. The van der Waals surface area contributed by atoms with Crippen molar-refractivity contribution in [1.29, 1.82) is 0 Å². The summed E-state index contributed by atoms with van der Waals surface area (Å²) in [5, 5.41) is 15.1. The molecule has 6 heteroatoms. The van der Waals surface area contributed by atoms with E-state index >= 15 is 0 Å². The standard InChI is InChI=1S/C27H35F2N3O/c1-16-4-6-21-20(13-30)22(8-9-26(16,21)2)27(3)12-17-14-32(31-25(17)10-18(27)15-33)19-5-7-23(28)24(29)11-19/h5,7,11,14,18,20-22,33H,1,4,6,8-10,12-13,15,30H2,2-3H3/t18-,20+,21+,22+,26-,27+/m1/s1. The third kappa shape index (κ3) is 3.40. The number of halogens is 2. The van der Waals surface area contributed by atoms with Crippen LogP contribution in [0.15, 0.2) is 36.5 Å². The minimum Gasteiger partial charge on any atom is -0.396 e. The van der Waals surface area contributed by atoms with E-state index < -0.39 is 11.6 Å². The number of aliphatic hydroxyl groups excluding tert-OH is 1. The van der Waals surface area contributed by atoms with Crippen LogP contribution in [0.1, 0.15) is 50.8 Å². The Hall–Kier alpha value is -2.05. The van der Waals surface area contributed by atoms with E-state index in [0.717, 1.165) is 49.4 Å². The number of aromatic nitrogens is 2. The second-order valence-corrected chi connectivity index (χ2v) is 11.1. The summed E-state index contributed by atoms with van der Waals surface area (Å²) in [4.78, 5) is 0. The number of fused-ring (bicyclic) bond motifs is 2. The molecule has 178 valence electrons. The van der Waals surface area contributed by atoms with E-state index in [2.05, 4.69) is 20.4 Å². The summed E-state index contributed by atoms with van der Waals surface area (Å²) in [6.07, 6.45) is 7.92. The maximum Gasteiger partial charge on any atom is 0.160 e. The lowest BCUT2D eigenvalue weighted by Crippen LogP contribution is -2.53. The number of hydrogen-bond donors (Lipinski definition) is 2. The van der Waals surface area contributed by atoms with E-state index in [-0.39, 0.29) is 23.4 Å². The molecule has 0 aliphatic heterocycles. The lowest BCUT2D eigenvalue weighted by Gasteiger charge is -2.55. The van der Waals surface area contributed by atoms with Gasteiger partial charge in [0.05, 0.1) is 11.4 Å². The average Bonchev–Trinajstić information content (AvgIpc) is 3.34. The summed E-state index contributed by atoms with van der Waals surface area (Å²) in [6, 6.07) is 3.85. The van der Waals surface area contributed by atoms with Gasteiger partial charge in [-0.15, -0.1) is 0 Å². The fourth-order valence-electron chi connectivity index (χ4n) is 7.59. The first-order chi connectivity index (χ1) is 15.7. The van der Waals surface area contributed by atoms with Gasteiger partial charge in [0, 0.05) is 18.9 Å². The topological polar surface area (TPSA) is 64.1 Å². The van der Waals surface area contributed by atoms with Crippen molar-refractivity contribution in [1.82, 2.24) is 9.78 Å². The van der Waals surface area contributed by atoms with Crippen molar-refractivity contribution in [3.63, 3.8) is 0 Å². The Morgan fingerprint density at radius 3 is 2.70 bits per heavy atom. The molecule has 4 nitrogen and oxygen atoms in total. The molecule has 6 atom stereocenters. The highest BCUT2D eigenvalue weighted by Crippen LogP contribution is 2.62. The van der Waals surface area contributed by atoms with E-state index in [9.17, 15) is 13.9 Å². The average molecular weight is 456 g/mol. The van der Waals surface area contributed by atoms with Crippen LogP contribution < -0.4 is 5.73 Å². The van der Waals surface area contributed by atoms with Crippen LogP contribution in [-0.2, 0) is 12.8 Å². The fourth-order valence-corrected chi connectivity index (χ4v) is 7.59. The molecule has 3 aliphatic rings. The van der Waals surface area contributed by atoms with Crippen LogP contribution in [0.4, 0.5) is 8.78 Å². The summed E-state index contributed by atoms with van der Waals surface area (Å²) >= 11 is 0. The zero-order chi connectivity index (χ0) is 23.5. The maximum atomic E-state index is 13.8. The molecule has 0 radical (unpaired) electrons. The molecular formula is C27H35F2N3O. The lowest BCUT2D eigenvalue weighted by molar-refractivity contribution is -0.0536. The first kappa shape index (κ1) is 22.7. The van der Waals surface area contributed by atoms with Gasteiger partial charge in [-0.05, 0) is 97.3 Å². The Labute approximate surface area is 194 Å². The highest BCUT2D eigenvalue weighted by Gasteiger charge is 2.56. The number of rotatable bonds is 4. The largest absolute Gasteiger partial charge is 0.396 e. The van der Waals surface area contributed by atoms with Crippen LogP contribution in [0.3, 0.4) is 0 Å². The minimum absolute atomic E-state index is 0.0892. The predicted molar refractivity (Wildman–Crippen MR) is 125 cm³/mol. The Kier molecular flexibility index (Phi) is 5.52. The molecule has 0 spiro atoms. The van der Waals surface area contributed by atoms with Crippen molar-refractivity contribution in [2.45, 2.75) is 52.4 Å². The van der Waals surface area contributed by atoms with Crippen molar-refractivity contribution in [3.8, 4) is 5.69 Å². The highest BCUT2D eigenvalue weighted by atomic mass is 19.2. The smallest absolute Gasteiger partial charge is 0.160 e. The molecule has 2 aromatic rings. The predicted octanol–water partition coefficient (Wildman–Crippen LogP) is 4.82. The summed E-state index contributed by atoms with van der Waals surface area (Å²) < 4.78 is 28.9. The number of aliphatic hydroxyl groups is 1. The molecule has 0 saturated heterocycles. The van der Waals surface area contributed by atoms with Crippen LogP contribution in [-0.4, -0.2) is 28.0 Å². The minimum atomic E-state index is -0.881. The normalized spacial score (nSPS) is 36.0. The van der Waals surface area contributed by atoms with Crippen molar-refractivity contribution in [3.05, 3.63) is 59.4 Å².